The second-order valence-corrected chi connectivity index (χ2v) is 10.4. The van der Waals surface area contributed by atoms with E-state index >= 15 is 0 Å². The van der Waals surface area contributed by atoms with Crippen LogP contribution in [0, 0.1) is 13.8 Å². The molecule has 3 aromatic rings. The normalized spacial score (nSPS) is 19.0. The van der Waals surface area contributed by atoms with Gasteiger partial charge in [-0.3, -0.25) is 9.59 Å². The Morgan fingerprint density at radius 3 is 2.30 bits per heavy atom. The molecule has 2 heterocycles. The number of aryl methyl sites for hydroxylation is 2. The summed E-state index contributed by atoms with van der Waals surface area (Å²) in [6, 6.07) is 23.7. The number of anilines is 1. The highest BCUT2D eigenvalue weighted by atomic mass is 32.2. The molecule has 7 nitrogen and oxygen atoms in total. The van der Waals surface area contributed by atoms with Crippen LogP contribution in [-0.4, -0.2) is 40.1 Å². The van der Waals surface area contributed by atoms with Crippen LogP contribution in [0.4, 0.5) is 5.69 Å². The summed E-state index contributed by atoms with van der Waals surface area (Å²) in [4.78, 5) is 29.8. The first-order valence-corrected chi connectivity index (χ1v) is 13.0. The average molecular weight is 513 g/mol. The van der Waals surface area contributed by atoms with Gasteiger partial charge in [-0.2, -0.15) is 10.1 Å². The molecular weight excluding hydrogens is 484 g/mol. The van der Waals surface area contributed by atoms with Gasteiger partial charge in [0.25, 0.3) is 5.91 Å². The van der Waals surface area contributed by atoms with E-state index in [1.54, 1.807) is 31.4 Å². The maximum Gasteiger partial charge on any atom is 0.262 e. The van der Waals surface area contributed by atoms with Crippen molar-refractivity contribution in [3.05, 3.63) is 95.1 Å². The second-order valence-electron chi connectivity index (χ2n) is 9.21. The van der Waals surface area contributed by atoms with E-state index in [9.17, 15) is 9.59 Å². The summed E-state index contributed by atoms with van der Waals surface area (Å²) in [5, 5.41) is 9.55. The number of benzene rings is 3. The van der Waals surface area contributed by atoms with Gasteiger partial charge in [-0.05, 0) is 49.2 Å². The molecule has 0 saturated heterocycles. The number of hydrazone groups is 1. The molecule has 2 amide bonds. The number of amidine groups is 1. The van der Waals surface area contributed by atoms with E-state index in [-0.39, 0.29) is 24.3 Å². The summed E-state index contributed by atoms with van der Waals surface area (Å²) in [7, 11) is 1.59. The average Bonchev–Trinajstić information content (AvgIpc) is 3.49. The Bertz CT molecular complexity index is 1370. The number of rotatable bonds is 6. The van der Waals surface area contributed by atoms with Crippen molar-refractivity contribution in [3.8, 4) is 5.75 Å². The maximum absolute atomic E-state index is 12.8. The molecule has 0 fully saturated rings. The largest absolute Gasteiger partial charge is 0.497 e. The van der Waals surface area contributed by atoms with Gasteiger partial charge in [0.05, 0.1) is 18.9 Å². The zero-order valence-electron chi connectivity index (χ0n) is 21.0. The van der Waals surface area contributed by atoms with Gasteiger partial charge in [-0.25, -0.2) is 5.01 Å². The number of nitrogens with zero attached hydrogens (tertiary/aromatic N) is 3. The van der Waals surface area contributed by atoms with Crippen LogP contribution in [0.5, 0.6) is 5.75 Å². The van der Waals surface area contributed by atoms with Crippen LogP contribution in [0.3, 0.4) is 0 Å². The Morgan fingerprint density at radius 2 is 1.65 bits per heavy atom. The number of thioether (sulfide) groups is 1. The van der Waals surface area contributed by atoms with E-state index in [1.165, 1.54) is 22.9 Å². The summed E-state index contributed by atoms with van der Waals surface area (Å²) in [6.07, 6.45) is 0.725. The molecule has 0 aliphatic carbocycles. The summed E-state index contributed by atoms with van der Waals surface area (Å²) in [6.45, 7) is 4.11. The van der Waals surface area contributed by atoms with Crippen molar-refractivity contribution in [2.75, 3.05) is 12.4 Å². The Balaban J connectivity index is 1.33. The van der Waals surface area contributed by atoms with Gasteiger partial charge in [0, 0.05) is 18.5 Å². The maximum atomic E-state index is 12.8. The van der Waals surface area contributed by atoms with Gasteiger partial charge >= 0.3 is 0 Å². The highest BCUT2D eigenvalue weighted by Gasteiger charge is 2.39. The molecule has 2 unspecified atom stereocenters. The lowest BCUT2D eigenvalue weighted by molar-refractivity contribution is -0.121. The van der Waals surface area contributed by atoms with Crippen molar-refractivity contribution >= 4 is 40.1 Å². The van der Waals surface area contributed by atoms with Gasteiger partial charge in [0.2, 0.25) is 5.91 Å². The van der Waals surface area contributed by atoms with Crippen molar-refractivity contribution in [1.29, 1.82) is 0 Å². The fourth-order valence-corrected chi connectivity index (χ4v) is 5.38. The predicted molar refractivity (Wildman–Crippen MR) is 148 cm³/mol. The number of amides is 2. The van der Waals surface area contributed by atoms with Gasteiger partial charge in [0.1, 0.15) is 11.0 Å². The van der Waals surface area contributed by atoms with Gasteiger partial charge in [-0.1, -0.05) is 71.4 Å². The van der Waals surface area contributed by atoms with Crippen molar-refractivity contribution in [2.45, 2.75) is 38.0 Å². The molecule has 0 bridgehead atoms. The second kappa shape index (κ2) is 10.6. The molecule has 2 aliphatic heterocycles. The topological polar surface area (TPSA) is 83.4 Å². The molecule has 1 N–H and O–H groups in total. The SMILES string of the molecule is COc1ccc(NC(=O)CC2SC(N3N=C(c4ccc(C)cc4)CC3c3ccc(C)cc3)=NC2=O)cc1. The minimum absolute atomic E-state index is 0.0279. The lowest BCUT2D eigenvalue weighted by atomic mass is 9.97. The Morgan fingerprint density at radius 1 is 1.00 bits per heavy atom. The van der Waals surface area contributed by atoms with E-state index < -0.39 is 5.25 Å². The van der Waals surface area contributed by atoms with Crippen molar-refractivity contribution in [2.24, 2.45) is 10.1 Å². The van der Waals surface area contributed by atoms with Crippen LogP contribution in [-0.2, 0) is 9.59 Å². The lowest BCUT2D eigenvalue weighted by Gasteiger charge is -2.23. The summed E-state index contributed by atoms with van der Waals surface area (Å²) < 4.78 is 5.15. The van der Waals surface area contributed by atoms with Crippen molar-refractivity contribution < 1.29 is 14.3 Å². The number of nitrogens with one attached hydrogen (secondary N) is 1. The number of ether oxygens (including phenoxy) is 1. The quantitative estimate of drug-likeness (QED) is 0.472. The molecule has 0 radical (unpaired) electrons. The third kappa shape index (κ3) is 5.59. The van der Waals surface area contributed by atoms with Crippen LogP contribution >= 0.6 is 11.8 Å². The fourth-order valence-electron chi connectivity index (χ4n) is 4.31. The molecule has 8 heteroatoms. The number of carbonyl (C=O) groups excluding carboxylic acids is 2. The van der Waals surface area contributed by atoms with E-state index in [0.29, 0.717) is 23.0 Å². The number of aliphatic imine (C=N–C) groups is 1. The highest BCUT2D eigenvalue weighted by molar-refractivity contribution is 8.15. The minimum Gasteiger partial charge on any atom is -0.497 e. The van der Waals surface area contributed by atoms with Crippen molar-refractivity contribution in [1.82, 2.24) is 5.01 Å². The smallest absolute Gasteiger partial charge is 0.262 e. The van der Waals surface area contributed by atoms with Gasteiger partial charge < -0.3 is 10.1 Å². The first-order valence-electron chi connectivity index (χ1n) is 12.1. The molecule has 37 heavy (non-hydrogen) atoms. The Labute approximate surface area is 220 Å². The van der Waals surface area contributed by atoms with Crippen LogP contribution in [0.1, 0.15) is 41.1 Å². The Kier molecular flexibility index (Phi) is 7.10. The molecule has 0 saturated carbocycles. The lowest BCUT2D eigenvalue weighted by Crippen LogP contribution is -2.25. The number of carbonyl (C=O) groups is 2. The molecule has 0 spiro atoms. The Hall–Kier alpha value is -3.91. The monoisotopic (exact) mass is 512 g/mol. The third-order valence-electron chi connectivity index (χ3n) is 6.43. The minimum atomic E-state index is -0.592. The molecular formula is C29H28N4O3S. The molecule has 5 rings (SSSR count). The summed E-state index contributed by atoms with van der Waals surface area (Å²) in [5.41, 5.74) is 6.12. The molecule has 188 valence electrons. The predicted octanol–water partition coefficient (Wildman–Crippen LogP) is 5.49. The van der Waals surface area contributed by atoms with Crippen LogP contribution < -0.4 is 10.1 Å². The third-order valence-corrected chi connectivity index (χ3v) is 7.57. The van der Waals surface area contributed by atoms with Crippen LogP contribution in [0.15, 0.2) is 82.9 Å². The number of hydrogen-bond donors (Lipinski definition) is 1. The van der Waals surface area contributed by atoms with Gasteiger partial charge in [-0.15, -0.1) is 0 Å². The summed E-state index contributed by atoms with van der Waals surface area (Å²) in [5.74, 6) is 0.149. The van der Waals surface area contributed by atoms with Crippen molar-refractivity contribution in [3.63, 3.8) is 0 Å². The standard InChI is InChI=1S/C29H28N4O3S/c1-18-4-8-20(9-5-18)24-16-25(21-10-6-19(2)7-11-21)33(32-24)29-31-28(35)26(37-29)17-27(34)30-22-12-14-23(36-3)15-13-22/h4-15,25-26H,16-17H2,1-3H3,(H,30,34). The highest BCUT2D eigenvalue weighted by Crippen LogP contribution is 2.38. The van der Waals surface area contributed by atoms with E-state index in [2.05, 4.69) is 72.7 Å². The zero-order chi connectivity index (χ0) is 25.9. The van der Waals surface area contributed by atoms with E-state index in [4.69, 9.17) is 9.84 Å². The molecule has 2 atom stereocenters. The van der Waals surface area contributed by atoms with Crippen LogP contribution in [0.25, 0.3) is 0 Å². The first kappa shape index (κ1) is 24.8. The fraction of sp³-hybridized carbons (Fsp3) is 0.241. The number of hydrogen-bond acceptors (Lipinski definition) is 6. The van der Waals surface area contributed by atoms with E-state index in [1.807, 2.05) is 5.01 Å². The first-order chi connectivity index (χ1) is 17.9. The van der Waals surface area contributed by atoms with Gasteiger partial charge in [0.15, 0.2) is 5.17 Å². The molecule has 0 aromatic heterocycles. The zero-order valence-corrected chi connectivity index (χ0v) is 21.8. The molecule has 2 aliphatic rings. The number of methoxy groups -OCH3 is 1. The van der Waals surface area contributed by atoms with E-state index in [0.717, 1.165) is 16.8 Å². The van der Waals surface area contributed by atoms with Crippen LogP contribution in [0.2, 0.25) is 0 Å². The summed E-state index contributed by atoms with van der Waals surface area (Å²) >= 11 is 1.30. The molecule has 3 aromatic carbocycles.